The minimum absolute atomic E-state index is 0.277. The molecule has 5 heteroatoms. The largest absolute Gasteiger partial charge is 0.505 e. The minimum Gasteiger partial charge on any atom is -0.399 e. The van der Waals surface area contributed by atoms with Gasteiger partial charge in [-0.3, -0.25) is 4.98 Å². The van der Waals surface area contributed by atoms with Gasteiger partial charge in [-0.15, -0.1) is 0 Å². The van der Waals surface area contributed by atoms with Gasteiger partial charge in [-0.25, -0.2) is 0 Å². The van der Waals surface area contributed by atoms with Crippen LogP contribution in [0, 0.1) is 0 Å². The zero-order valence-electron chi connectivity index (χ0n) is 12.2. The third-order valence-corrected chi connectivity index (χ3v) is 5.07. The van der Waals surface area contributed by atoms with E-state index in [1.54, 1.807) is 11.3 Å². The Morgan fingerprint density at radius 2 is 1.60 bits per heavy atom. The van der Waals surface area contributed by atoms with Crippen LogP contribution in [0.25, 0.3) is 11.1 Å². The first-order chi connectivity index (χ1) is 9.39. The SMILES string of the molecule is CC1(C)OB(c2cc(-c3ccncc3)cs2)OC1(C)C. The van der Waals surface area contributed by atoms with Crippen molar-refractivity contribution in [2.24, 2.45) is 0 Å². The van der Waals surface area contributed by atoms with Gasteiger partial charge < -0.3 is 9.31 Å². The Morgan fingerprint density at radius 3 is 2.20 bits per heavy atom. The molecular weight excluding hydrogens is 269 g/mol. The fourth-order valence-corrected chi connectivity index (χ4v) is 3.00. The first-order valence-electron chi connectivity index (χ1n) is 6.73. The molecule has 3 heterocycles. The quantitative estimate of drug-likeness (QED) is 0.795. The van der Waals surface area contributed by atoms with E-state index in [4.69, 9.17) is 9.31 Å². The topological polar surface area (TPSA) is 31.4 Å². The van der Waals surface area contributed by atoms with Crippen LogP contribution in [0.3, 0.4) is 0 Å². The van der Waals surface area contributed by atoms with Crippen molar-refractivity contribution in [1.29, 1.82) is 0 Å². The lowest BCUT2D eigenvalue weighted by Gasteiger charge is -2.32. The Morgan fingerprint density at radius 1 is 1.00 bits per heavy atom. The first-order valence-corrected chi connectivity index (χ1v) is 7.61. The molecule has 0 radical (unpaired) electrons. The fraction of sp³-hybridized carbons (Fsp3) is 0.400. The van der Waals surface area contributed by atoms with Crippen molar-refractivity contribution in [3.63, 3.8) is 0 Å². The van der Waals surface area contributed by atoms with Gasteiger partial charge in [0.2, 0.25) is 0 Å². The molecule has 1 aliphatic heterocycles. The van der Waals surface area contributed by atoms with Gasteiger partial charge in [0, 0.05) is 17.2 Å². The monoisotopic (exact) mass is 287 g/mol. The van der Waals surface area contributed by atoms with Crippen molar-refractivity contribution < 1.29 is 9.31 Å². The van der Waals surface area contributed by atoms with Crippen LogP contribution in [0.5, 0.6) is 0 Å². The lowest BCUT2D eigenvalue weighted by Crippen LogP contribution is -2.41. The molecule has 0 aliphatic carbocycles. The summed E-state index contributed by atoms with van der Waals surface area (Å²) in [6.07, 6.45) is 3.61. The molecule has 104 valence electrons. The number of nitrogens with zero attached hydrogens (tertiary/aromatic N) is 1. The van der Waals surface area contributed by atoms with Gasteiger partial charge in [-0.2, -0.15) is 11.3 Å². The van der Waals surface area contributed by atoms with Gasteiger partial charge in [0.15, 0.2) is 0 Å². The summed E-state index contributed by atoms with van der Waals surface area (Å²) in [5, 5.41) is 2.13. The summed E-state index contributed by atoms with van der Waals surface area (Å²) >= 11 is 1.67. The van der Waals surface area contributed by atoms with Crippen molar-refractivity contribution >= 4 is 23.2 Å². The summed E-state index contributed by atoms with van der Waals surface area (Å²) in [4.78, 5) is 4.05. The summed E-state index contributed by atoms with van der Waals surface area (Å²) in [5.74, 6) is 0. The average Bonchev–Trinajstić information content (AvgIpc) is 2.94. The normalized spacial score (nSPS) is 20.3. The van der Waals surface area contributed by atoms with Gasteiger partial charge >= 0.3 is 7.12 Å². The summed E-state index contributed by atoms with van der Waals surface area (Å²) in [6, 6.07) is 6.16. The molecule has 0 aromatic carbocycles. The molecule has 0 bridgehead atoms. The molecule has 0 saturated carbocycles. The van der Waals surface area contributed by atoms with Gasteiger partial charge in [0.05, 0.1) is 11.2 Å². The summed E-state index contributed by atoms with van der Waals surface area (Å²) in [6.45, 7) is 8.30. The van der Waals surface area contributed by atoms with Crippen LogP contribution in [0.15, 0.2) is 36.0 Å². The van der Waals surface area contributed by atoms with Crippen LogP contribution in [0.4, 0.5) is 0 Å². The standard InChI is InChI=1S/C15H18BNO2S/c1-14(2)15(3,4)19-16(18-14)13-9-12(10-20-13)11-5-7-17-8-6-11/h5-10H,1-4H3. The van der Waals surface area contributed by atoms with Crippen LogP contribution < -0.4 is 4.78 Å². The molecule has 3 nitrogen and oxygen atoms in total. The van der Waals surface area contributed by atoms with Crippen molar-refractivity contribution in [3.05, 3.63) is 36.0 Å². The highest BCUT2D eigenvalue weighted by Crippen LogP contribution is 2.37. The second-order valence-corrected chi connectivity index (χ2v) is 7.00. The van der Waals surface area contributed by atoms with Crippen LogP contribution in [0.2, 0.25) is 0 Å². The molecule has 0 spiro atoms. The summed E-state index contributed by atoms with van der Waals surface area (Å²) in [7, 11) is -0.277. The van der Waals surface area contributed by atoms with Crippen molar-refractivity contribution in [2.75, 3.05) is 0 Å². The van der Waals surface area contributed by atoms with Crippen molar-refractivity contribution in [3.8, 4) is 11.1 Å². The Balaban J connectivity index is 1.86. The Hall–Kier alpha value is -1.17. The lowest BCUT2D eigenvalue weighted by atomic mass is 9.87. The highest BCUT2D eigenvalue weighted by atomic mass is 32.1. The number of hydrogen-bond donors (Lipinski definition) is 0. The van der Waals surface area contributed by atoms with Gasteiger partial charge in [0.1, 0.15) is 0 Å². The van der Waals surface area contributed by atoms with Gasteiger partial charge in [0.25, 0.3) is 0 Å². The average molecular weight is 287 g/mol. The molecule has 20 heavy (non-hydrogen) atoms. The predicted octanol–water partition coefficient (Wildman–Crippen LogP) is 3.11. The first kappa shape index (κ1) is 13.8. The third kappa shape index (κ3) is 2.30. The molecule has 3 rings (SSSR count). The van der Waals surface area contributed by atoms with Gasteiger partial charge in [-0.1, -0.05) is 0 Å². The Labute approximate surface area is 124 Å². The predicted molar refractivity (Wildman–Crippen MR) is 83.3 cm³/mol. The van der Waals surface area contributed by atoms with Crippen LogP contribution in [0.1, 0.15) is 27.7 Å². The Kier molecular flexibility index (Phi) is 3.24. The van der Waals surface area contributed by atoms with E-state index < -0.39 is 0 Å². The molecular formula is C15H18BNO2S. The third-order valence-electron chi connectivity index (χ3n) is 4.12. The van der Waals surface area contributed by atoms with E-state index in [1.165, 1.54) is 11.1 Å². The maximum absolute atomic E-state index is 6.08. The highest BCUT2D eigenvalue weighted by molar-refractivity contribution is 7.21. The number of hydrogen-bond acceptors (Lipinski definition) is 4. The van der Waals surface area contributed by atoms with Crippen LogP contribution >= 0.6 is 11.3 Å². The second-order valence-electron chi connectivity index (χ2n) is 6.06. The summed E-state index contributed by atoms with van der Waals surface area (Å²) < 4.78 is 13.3. The zero-order valence-corrected chi connectivity index (χ0v) is 13.0. The summed E-state index contributed by atoms with van der Waals surface area (Å²) in [5.41, 5.74) is 1.76. The number of aromatic nitrogens is 1. The molecule has 0 amide bonds. The number of thiophene rings is 1. The van der Waals surface area contributed by atoms with E-state index in [9.17, 15) is 0 Å². The molecule has 1 aliphatic rings. The van der Waals surface area contributed by atoms with Crippen LogP contribution in [-0.2, 0) is 9.31 Å². The molecule has 0 N–H and O–H groups in total. The molecule has 1 saturated heterocycles. The lowest BCUT2D eigenvalue weighted by molar-refractivity contribution is 0.00578. The molecule has 0 atom stereocenters. The highest BCUT2D eigenvalue weighted by Gasteiger charge is 2.52. The van der Waals surface area contributed by atoms with E-state index in [2.05, 4.69) is 44.1 Å². The van der Waals surface area contributed by atoms with Gasteiger partial charge in [-0.05, 0) is 62.4 Å². The number of rotatable bonds is 2. The maximum Gasteiger partial charge on any atom is 0.505 e. The number of pyridine rings is 1. The molecule has 2 aromatic rings. The minimum atomic E-state index is -0.293. The van der Waals surface area contributed by atoms with E-state index >= 15 is 0 Å². The van der Waals surface area contributed by atoms with E-state index in [0.29, 0.717) is 0 Å². The molecule has 2 aromatic heterocycles. The van der Waals surface area contributed by atoms with E-state index in [-0.39, 0.29) is 18.3 Å². The van der Waals surface area contributed by atoms with Crippen molar-refractivity contribution in [1.82, 2.24) is 4.98 Å². The van der Waals surface area contributed by atoms with E-state index in [1.807, 2.05) is 24.5 Å². The zero-order chi connectivity index (χ0) is 14.4. The maximum atomic E-state index is 6.08. The fourth-order valence-electron chi connectivity index (χ4n) is 2.13. The molecule has 0 unspecified atom stereocenters. The molecule has 1 fully saturated rings. The van der Waals surface area contributed by atoms with Crippen molar-refractivity contribution in [2.45, 2.75) is 38.9 Å². The second kappa shape index (κ2) is 4.69. The van der Waals surface area contributed by atoms with Crippen LogP contribution in [-0.4, -0.2) is 23.3 Å². The Bertz CT molecular complexity index is 593. The van der Waals surface area contributed by atoms with E-state index in [0.717, 1.165) is 4.78 Å². The smallest absolute Gasteiger partial charge is 0.399 e.